The van der Waals surface area contributed by atoms with Crippen molar-refractivity contribution in [3.05, 3.63) is 35.9 Å². The van der Waals surface area contributed by atoms with Crippen LogP contribution in [0.4, 0.5) is 0 Å². The second-order valence-corrected chi connectivity index (χ2v) is 4.76. The van der Waals surface area contributed by atoms with Crippen molar-refractivity contribution in [2.24, 2.45) is 0 Å². The van der Waals surface area contributed by atoms with Crippen molar-refractivity contribution in [3.8, 4) is 17.1 Å². The van der Waals surface area contributed by atoms with Crippen LogP contribution in [0.2, 0.25) is 0 Å². The molecule has 0 radical (unpaired) electrons. The average molecular weight is 258 g/mol. The van der Waals surface area contributed by atoms with E-state index in [-0.39, 0.29) is 6.04 Å². The number of oxazole rings is 1. The summed E-state index contributed by atoms with van der Waals surface area (Å²) >= 11 is 0. The predicted molar refractivity (Wildman–Crippen MR) is 73.2 cm³/mol. The van der Waals surface area contributed by atoms with E-state index in [9.17, 15) is 0 Å². The number of nitrogens with one attached hydrogen (secondary N) is 1. The van der Waals surface area contributed by atoms with Crippen molar-refractivity contribution in [3.63, 3.8) is 0 Å². The maximum absolute atomic E-state index is 5.83. The van der Waals surface area contributed by atoms with E-state index in [0.29, 0.717) is 0 Å². The van der Waals surface area contributed by atoms with Gasteiger partial charge in [-0.2, -0.15) is 0 Å². The minimum absolute atomic E-state index is 0.136. The third kappa shape index (κ3) is 2.36. The lowest BCUT2D eigenvalue weighted by molar-refractivity contribution is 0.357. The number of aromatic nitrogens is 1. The highest BCUT2D eigenvalue weighted by Gasteiger charge is 2.16. The summed E-state index contributed by atoms with van der Waals surface area (Å²) in [6.45, 7) is 5.80. The van der Waals surface area contributed by atoms with E-state index in [1.807, 2.05) is 12.1 Å². The normalized spacial score (nSPS) is 15.1. The molecule has 2 heterocycles. The smallest absolute Gasteiger partial charge is 0.211 e. The van der Waals surface area contributed by atoms with E-state index in [2.05, 4.69) is 30.2 Å². The Morgan fingerprint density at radius 1 is 1.42 bits per heavy atom. The molecule has 0 amide bonds. The van der Waals surface area contributed by atoms with Gasteiger partial charge in [0.25, 0.3) is 0 Å². The lowest BCUT2D eigenvalue weighted by Crippen LogP contribution is -2.17. The van der Waals surface area contributed by atoms with Gasteiger partial charge in [0.15, 0.2) is 5.76 Å². The first kappa shape index (κ1) is 12.2. The van der Waals surface area contributed by atoms with E-state index in [1.165, 1.54) is 5.56 Å². The van der Waals surface area contributed by atoms with E-state index < -0.39 is 0 Å². The quantitative estimate of drug-likeness (QED) is 0.916. The largest absolute Gasteiger partial charge is 0.493 e. The van der Waals surface area contributed by atoms with E-state index in [0.717, 1.165) is 42.5 Å². The zero-order chi connectivity index (χ0) is 13.2. The fraction of sp³-hybridized carbons (Fsp3) is 0.400. The molecule has 4 nitrogen and oxygen atoms in total. The number of hydrogen-bond donors (Lipinski definition) is 1. The van der Waals surface area contributed by atoms with Gasteiger partial charge in [-0.15, -0.1) is 0 Å². The molecular weight excluding hydrogens is 240 g/mol. The first-order valence-electron chi connectivity index (χ1n) is 6.73. The van der Waals surface area contributed by atoms with Gasteiger partial charge in [0.1, 0.15) is 5.75 Å². The first-order valence-corrected chi connectivity index (χ1v) is 6.73. The fourth-order valence-corrected chi connectivity index (χ4v) is 2.35. The molecule has 0 saturated heterocycles. The van der Waals surface area contributed by atoms with Crippen molar-refractivity contribution in [2.45, 2.75) is 26.3 Å². The highest BCUT2D eigenvalue weighted by molar-refractivity contribution is 5.60. The van der Waals surface area contributed by atoms with Crippen LogP contribution >= 0.6 is 0 Å². The van der Waals surface area contributed by atoms with Gasteiger partial charge in [-0.1, -0.05) is 6.92 Å². The number of ether oxygens (including phenoxy) is 1. The topological polar surface area (TPSA) is 47.3 Å². The Morgan fingerprint density at radius 3 is 3.16 bits per heavy atom. The van der Waals surface area contributed by atoms with Gasteiger partial charge in [-0.05, 0) is 37.2 Å². The summed E-state index contributed by atoms with van der Waals surface area (Å²) in [7, 11) is 0. The third-order valence-corrected chi connectivity index (χ3v) is 3.38. The summed E-state index contributed by atoms with van der Waals surface area (Å²) in [6.07, 6.45) is 2.76. The Kier molecular flexibility index (Phi) is 3.25. The lowest BCUT2D eigenvalue weighted by Gasteiger charge is -2.07. The average Bonchev–Trinajstić information content (AvgIpc) is 3.07. The molecule has 2 aromatic rings. The van der Waals surface area contributed by atoms with Crippen LogP contribution in [-0.4, -0.2) is 18.1 Å². The minimum Gasteiger partial charge on any atom is -0.493 e. The molecule has 1 aliphatic heterocycles. The molecule has 0 fully saturated rings. The maximum Gasteiger partial charge on any atom is 0.211 e. The Hall–Kier alpha value is -1.81. The summed E-state index contributed by atoms with van der Waals surface area (Å²) in [6, 6.07) is 6.29. The van der Waals surface area contributed by atoms with Crippen molar-refractivity contribution in [1.29, 1.82) is 0 Å². The molecule has 100 valence electrons. The van der Waals surface area contributed by atoms with Crippen LogP contribution in [0.25, 0.3) is 11.3 Å². The number of nitrogens with zero attached hydrogens (tertiary/aromatic N) is 1. The zero-order valence-electron chi connectivity index (χ0n) is 11.3. The lowest BCUT2D eigenvalue weighted by atomic mass is 10.1. The van der Waals surface area contributed by atoms with E-state index >= 15 is 0 Å². The Morgan fingerprint density at radius 2 is 2.32 bits per heavy atom. The molecule has 1 unspecified atom stereocenters. The first-order chi connectivity index (χ1) is 9.28. The Balaban J connectivity index is 1.86. The summed E-state index contributed by atoms with van der Waals surface area (Å²) < 4.78 is 11.3. The van der Waals surface area contributed by atoms with Crippen molar-refractivity contribution in [2.75, 3.05) is 13.2 Å². The van der Waals surface area contributed by atoms with Gasteiger partial charge < -0.3 is 14.5 Å². The molecule has 1 aromatic carbocycles. The molecule has 3 rings (SSSR count). The maximum atomic E-state index is 5.83. The molecule has 1 aliphatic rings. The molecular formula is C15H18N2O2. The Bertz CT molecular complexity index is 577. The van der Waals surface area contributed by atoms with Gasteiger partial charge in [-0.25, -0.2) is 4.98 Å². The summed E-state index contributed by atoms with van der Waals surface area (Å²) in [5.74, 6) is 2.53. The molecule has 0 aliphatic carbocycles. The fourth-order valence-electron chi connectivity index (χ4n) is 2.35. The van der Waals surface area contributed by atoms with Crippen LogP contribution in [0.5, 0.6) is 5.75 Å². The van der Waals surface area contributed by atoms with Gasteiger partial charge in [0.05, 0.1) is 18.8 Å². The SMILES string of the molecule is CCNC(C)c1ncc(-c2ccc3c(c2)CCO3)o1. The van der Waals surface area contributed by atoms with Crippen molar-refractivity contribution >= 4 is 0 Å². The molecule has 1 aromatic heterocycles. The van der Waals surface area contributed by atoms with Gasteiger partial charge >= 0.3 is 0 Å². The molecule has 0 saturated carbocycles. The van der Waals surface area contributed by atoms with Crippen LogP contribution in [-0.2, 0) is 6.42 Å². The van der Waals surface area contributed by atoms with Gasteiger partial charge in [0.2, 0.25) is 5.89 Å². The standard InChI is InChI=1S/C15H18N2O2/c1-3-16-10(2)15-17-9-14(19-15)11-4-5-13-12(8-11)6-7-18-13/h4-5,8-10,16H,3,6-7H2,1-2H3. The van der Waals surface area contributed by atoms with Gasteiger partial charge in [-0.3, -0.25) is 0 Å². The summed E-state index contributed by atoms with van der Waals surface area (Å²) in [5, 5.41) is 3.29. The predicted octanol–water partition coefficient (Wildman–Crippen LogP) is 2.95. The van der Waals surface area contributed by atoms with Crippen LogP contribution in [0.15, 0.2) is 28.8 Å². The summed E-state index contributed by atoms with van der Waals surface area (Å²) in [4.78, 5) is 4.34. The molecule has 1 N–H and O–H groups in total. The molecule has 0 spiro atoms. The van der Waals surface area contributed by atoms with Crippen molar-refractivity contribution in [1.82, 2.24) is 10.3 Å². The van der Waals surface area contributed by atoms with Crippen LogP contribution in [0, 0.1) is 0 Å². The summed E-state index contributed by atoms with van der Waals surface area (Å²) in [5.41, 5.74) is 2.31. The van der Waals surface area contributed by atoms with Crippen LogP contribution in [0.1, 0.15) is 31.3 Å². The highest BCUT2D eigenvalue weighted by Crippen LogP contribution is 2.31. The second kappa shape index (κ2) is 5.05. The molecule has 4 heteroatoms. The van der Waals surface area contributed by atoms with Crippen LogP contribution in [0.3, 0.4) is 0 Å². The Labute approximate surface area is 112 Å². The molecule has 1 atom stereocenters. The number of fused-ring (bicyclic) bond motifs is 1. The molecule has 19 heavy (non-hydrogen) atoms. The highest BCUT2D eigenvalue weighted by atomic mass is 16.5. The zero-order valence-corrected chi connectivity index (χ0v) is 11.3. The van der Waals surface area contributed by atoms with E-state index in [4.69, 9.17) is 9.15 Å². The van der Waals surface area contributed by atoms with Gasteiger partial charge in [0, 0.05) is 12.0 Å². The van der Waals surface area contributed by atoms with E-state index in [1.54, 1.807) is 6.20 Å². The monoisotopic (exact) mass is 258 g/mol. The number of benzene rings is 1. The number of hydrogen-bond acceptors (Lipinski definition) is 4. The third-order valence-electron chi connectivity index (χ3n) is 3.38. The number of rotatable bonds is 4. The van der Waals surface area contributed by atoms with Crippen molar-refractivity contribution < 1.29 is 9.15 Å². The minimum atomic E-state index is 0.136. The molecule has 0 bridgehead atoms. The second-order valence-electron chi connectivity index (χ2n) is 4.76. The van der Waals surface area contributed by atoms with Crippen LogP contribution < -0.4 is 10.1 Å².